The molecule has 2 aromatic rings. The monoisotopic (exact) mass is 430 g/mol. The molecule has 0 bridgehead atoms. The standard InChI is InChI=1S/C19H24F2N2O3S2/c1-18(2,26-3)16-8-9-17(27-16)28(24,25)22-14-6-4-5-7-15(14)23-12-10-19(20,21)11-13-23/h4-9,22H,10-13H2,1-3H3. The summed E-state index contributed by atoms with van der Waals surface area (Å²) in [4.78, 5) is 2.59. The number of rotatable bonds is 6. The van der Waals surface area contributed by atoms with Gasteiger partial charge in [-0.05, 0) is 38.1 Å². The molecule has 1 N–H and O–H groups in total. The number of piperidine rings is 1. The summed E-state index contributed by atoms with van der Waals surface area (Å²) in [6.07, 6.45) is -0.483. The highest BCUT2D eigenvalue weighted by atomic mass is 32.2. The first-order valence-corrected chi connectivity index (χ1v) is 11.2. The molecule has 0 saturated carbocycles. The maximum Gasteiger partial charge on any atom is 0.271 e. The molecule has 0 radical (unpaired) electrons. The molecule has 1 aromatic carbocycles. The lowest BCUT2D eigenvalue weighted by Gasteiger charge is -2.34. The molecule has 0 amide bonds. The summed E-state index contributed by atoms with van der Waals surface area (Å²) in [6, 6.07) is 10.2. The normalized spacial score (nSPS) is 17.5. The quantitative estimate of drug-likeness (QED) is 0.724. The van der Waals surface area contributed by atoms with E-state index >= 15 is 0 Å². The summed E-state index contributed by atoms with van der Waals surface area (Å²) in [7, 11) is -2.23. The first-order chi connectivity index (χ1) is 13.0. The summed E-state index contributed by atoms with van der Waals surface area (Å²) in [5, 5.41) is 0. The molecule has 3 rings (SSSR count). The van der Waals surface area contributed by atoms with Gasteiger partial charge in [-0.1, -0.05) is 12.1 Å². The Balaban J connectivity index is 1.84. The molecule has 0 atom stereocenters. The van der Waals surface area contributed by atoms with Gasteiger partial charge in [-0.15, -0.1) is 11.3 Å². The fraction of sp³-hybridized carbons (Fsp3) is 0.474. The third kappa shape index (κ3) is 4.47. The SMILES string of the molecule is COC(C)(C)c1ccc(S(=O)(=O)Nc2ccccc2N2CCC(F)(F)CC2)s1. The third-order valence-electron chi connectivity index (χ3n) is 4.93. The number of hydrogen-bond donors (Lipinski definition) is 1. The van der Waals surface area contributed by atoms with Crippen LogP contribution >= 0.6 is 11.3 Å². The summed E-state index contributed by atoms with van der Waals surface area (Å²) in [5.41, 5.74) is 0.402. The number of nitrogens with zero attached hydrogens (tertiary/aromatic N) is 1. The minimum absolute atomic E-state index is 0.174. The summed E-state index contributed by atoms with van der Waals surface area (Å²) >= 11 is 1.14. The molecule has 1 aliphatic heterocycles. The molecule has 0 unspecified atom stereocenters. The van der Waals surface area contributed by atoms with Crippen molar-refractivity contribution < 1.29 is 21.9 Å². The maximum atomic E-state index is 13.5. The van der Waals surface area contributed by atoms with Gasteiger partial charge >= 0.3 is 0 Å². The molecule has 1 aliphatic rings. The van der Waals surface area contributed by atoms with Crippen molar-refractivity contribution in [2.45, 2.75) is 42.4 Å². The van der Waals surface area contributed by atoms with Crippen LogP contribution in [0.3, 0.4) is 0 Å². The van der Waals surface area contributed by atoms with Crippen molar-refractivity contribution in [1.82, 2.24) is 0 Å². The van der Waals surface area contributed by atoms with Gasteiger partial charge in [-0.2, -0.15) is 0 Å². The van der Waals surface area contributed by atoms with Gasteiger partial charge in [-0.3, -0.25) is 4.72 Å². The molecular formula is C19H24F2N2O3S2. The third-order valence-corrected chi connectivity index (χ3v) is 8.18. The van der Waals surface area contributed by atoms with Crippen LogP contribution in [0.5, 0.6) is 0 Å². The van der Waals surface area contributed by atoms with Crippen molar-refractivity contribution in [3.05, 3.63) is 41.3 Å². The van der Waals surface area contributed by atoms with Crippen molar-refractivity contribution in [3.8, 4) is 0 Å². The van der Waals surface area contributed by atoms with Gasteiger partial charge in [0.2, 0.25) is 0 Å². The number of thiophene rings is 1. The first-order valence-electron chi connectivity index (χ1n) is 8.94. The predicted molar refractivity (Wildman–Crippen MR) is 108 cm³/mol. The van der Waals surface area contributed by atoms with E-state index < -0.39 is 21.5 Å². The summed E-state index contributed by atoms with van der Waals surface area (Å²) < 4.78 is 60.9. The number of para-hydroxylation sites is 2. The molecule has 2 heterocycles. The fourth-order valence-electron chi connectivity index (χ4n) is 2.99. The van der Waals surface area contributed by atoms with Crippen LogP contribution in [0.25, 0.3) is 0 Å². The topological polar surface area (TPSA) is 58.6 Å². The Kier molecular flexibility index (Phi) is 5.71. The van der Waals surface area contributed by atoms with E-state index in [0.717, 1.165) is 16.2 Å². The van der Waals surface area contributed by atoms with Gasteiger partial charge in [-0.25, -0.2) is 17.2 Å². The second-order valence-corrected chi connectivity index (χ2v) is 10.3. The summed E-state index contributed by atoms with van der Waals surface area (Å²) in [5.74, 6) is -2.66. The zero-order valence-electron chi connectivity index (χ0n) is 16.0. The van der Waals surface area contributed by atoms with Crippen LogP contribution in [0.2, 0.25) is 0 Å². The Morgan fingerprint density at radius 1 is 1.14 bits per heavy atom. The molecule has 0 aliphatic carbocycles. The van der Waals surface area contributed by atoms with E-state index in [1.54, 1.807) is 48.4 Å². The molecule has 28 heavy (non-hydrogen) atoms. The van der Waals surface area contributed by atoms with Crippen LogP contribution in [0.1, 0.15) is 31.6 Å². The van der Waals surface area contributed by atoms with Gasteiger partial charge in [0, 0.05) is 37.9 Å². The van der Waals surface area contributed by atoms with Crippen LogP contribution in [-0.4, -0.2) is 34.5 Å². The molecule has 9 heteroatoms. The zero-order chi connectivity index (χ0) is 20.6. The van der Waals surface area contributed by atoms with Crippen molar-refractivity contribution in [1.29, 1.82) is 0 Å². The highest BCUT2D eigenvalue weighted by Gasteiger charge is 2.35. The Hall–Kier alpha value is -1.71. The molecular weight excluding hydrogens is 406 g/mol. The Labute approximate surface area is 168 Å². The Morgan fingerprint density at radius 2 is 1.79 bits per heavy atom. The minimum Gasteiger partial charge on any atom is -0.373 e. The van der Waals surface area contributed by atoms with Gasteiger partial charge in [0.1, 0.15) is 4.21 Å². The fourth-order valence-corrected chi connectivity index (χ4v) is 5.46. The van der Waals surface area contributed by atoms with Crippen molar-refractivity contribution >= 4 is 32.7 Å². The van der Waals surface area contributed by atoms with E-state index in [4.69, 9.17) is 4.74 Å². The largest absolute Gasteiger partial charge is 0.373 e. The smallest absolute Gasteiger partial charge is 0.271 e. The Bertz CT molecular complexity index is 932. The van der Waals surface area contributed by atoms with E-state index in [1.165, 1.54) is 0 Å². The van der Waals surface area contributed by atoms with Crippen LogP contribution in [-0.2, 0) is 20.4 Å². The van der Waals surface area contributed by atoms with Crippen LogP contribution in [0.4, 0.5) is 20.2 Å². The van der Waals surface area contributed by atoms with Crippen LogP contribution in [0, 0.1) is 0 Å². The number of nitrogens with one attached hydrogen (secondary N) is 1. The number of methoxy groups -OCH3 is 1. The lowest BCUT2D eigenvalue weighted by atomic mass is 10.1. The number of anilines is 2. The van der Waals surface area contributed by atoms with Crippen LogP contribution < -0.4 is 9.62 Å². The second-order valence-electron chi connectivity index (χ2n) is 7.30. The van der Waals surface area contributed by atoms with Gasteiger partial charge < -0.3 is 9.64 Å². The number of hydrogen-bond acceptors (Lipinski definition) is 5. The maximum absolute atomic E-state index is 13.5. The van der Waals surface area contributed by atoms with Gasteiger partial charge in [0.15, 0.2) is 0 Å². The molecule has 0 spiro atoms. The lowest BCUT2D eigenvalue weighted by molar-refractivity contribution is -0.0220. The average Bonchev–Trinajstić information content (AvgIpc) is 3.14. The number of sulfonamides is 1. The molecule has 1 saturated heterocycles. The number of benzene rings is 1. The van der Waals surface area contributed by atoms with Crippen LogP contribution in [0.15, 0.2) is 40.6 Å². The van der Waals surface area contributed by atoms with E-state index in [9.17, 15) is 17.2 Å². The number of halogens is 2. The first kappa shape index (κ1) is 21.0. The average molecular weight is 431 g/mol. The minimum atomic E-state index is -3.81. The Morgan fingerprint density at radius 3 is 2.43 bits per heavy atom. The number of alkyl halides is 2. The van der Waals surface area contributed by atoms with Crippen molar-refractivity contribution in [2.24, 2.45) is 0 Å². The van der Waals surface area contributed by atoms with E-state index in [2.05, 4.69) is 4.72 Å². The highest BCUT2D eigenvalue weighted by molar-refractivity contribution is 7.94. The highest BCUT2D eigenvalue weighted by Crippen LogP contribution is 2.36. The second kappa shape index (κ2) is 7.61. The van der Waals surface area contributed by atoms with E-state index in [1.807, 2.05) is 13.8 Å². The molecule has 1 aromatic heterocycles. The molecule has 5 nitrogen and oxygen atoms in total. The van der Waals surface area contributed by atoms with E-state index in [-0.39, 0.29) is 30.1 Å². The number of ether oxygens (including phenoxy) is 1. The lowest BCUT2D eigenvalue weighted by Crippen LogP contribution is -2.39. The zero-order valence-corrected chi connectivity index (χ0v) is 17.7. The molecule has 154 valence electrons. The van der Waals surface area contributed by atoms with Gasteiger partial charge in [0.25, 0.3) is 15.9 Å². The predicted octanol–water partition coefficient (Wildman–Crippen LogP) is 4.67. The summed E-state index contributed by atoms with van der Waals surface area (Å²) in [6.45, 7) is 4.09. The van der Waals surface area contributed by atoms with Crippen molar-refractivity contribution in [2.75, 3.05) is 29.8 Å². The van der Waals surface area contributed by atoms with Gasteiger partial charge in [0.05, 0.1) is 17.0 Å². The van der Waals surface area contributed by atoms with Crippen molar-refractivity contribution in [3.63, 3.8) is 0 Å². The molecule has 1 fully saturated rings. The van der Waals surface area contributed by atoms with E-state index in [0.29, 0.717) is 11.4 Å².